The quantitative estimate of drug-likeness (QED) is 0.444. The molecule has 1 aromatic rings. The second kappa shape index (κ2) is 6.74. The van der Waals surface area contributed by atoms with Crippen LogP contribution in [0.2, 0.25) is 0 Å². The fourth-order valence-electron chi connectivity index (χ4n) is 1.55. The van der Waals surface area contributed by atoms with E-state index in [0.717, 1.165) is 12.8 Å². The number of ether oxygens (including phenoxy) is 1. The monoisotopic (exact) mass is 233 g/mol. The van der Waals surface area contributed by atoms with Gasteiger partial charge in [-0.15, -0.1) is 0 Å². The number of unbranched alkanes of at least 4 members (excludes halogenated alkanes) is 1. The summed E-state index contributed by atoms with van der Waals surface area (Å²) in [5.74, 6) is -0.752. The summed E-state index contributed by atoms with van der Waals surface area (Å²) in [5.41, 5.74) is 0.768. The molecule has 0 aliphatic heterocycles. The summed E-state index contributed by atoms with van der Waals surface area (Å²) in [5, 5.41) is 12.1. The van der Waals surface area contributed by atoms with E-state index in [1.807, 2.05) is 13.0 Å². The van der Waals surface area contributed by atoms with E-state index < -0.39 is 5.97 Å². The summed E-state index contributed by atoms with van der Waals surface area (Å²) in [6.07, 6.45) is 2.21. The standard InChI is InChI=1S/C14H18O3/c1-3-4-10-12(14(16)17-2)13(15)11-8-6-5-7-9-11/h5-9,15H,3-4,10H2,1-2H3/p-1/b13-12-. The average Bonchev–Trinajstić information content (AvgIpc) is 2.39. The van der Waals surface area contributed by atoms with Crippen molar-refractivity contribution in [3.8, 4) is 0 Å². The Bertz CT molecular complexity index is 393. The van der Waals surface area contributed by atoms with E-state index in [2.05, 4.69) is 4.74 Å². The van der Waals surface area contributed by atoms with Gasteiger partial charge in [0.05, 0.1) is 7.11 Å². The predicted molar refractivity (Wildman–Crippen MR) is 64.9 cm³/mol. The van der Waals surface area contributed by atoms with Gasteiger partial charge >= 0.3 is 5.97 Å². The van der Waals surface area contributed by atoms with Crippen LogP contribution in [0.25, 0.3) is 5.76 Å². The van der Waals surface area contributed by atoms with Crippen molar-refractivity contribution in [2.24, 2.45) is 0 Å². The highest BCUT2D eigenvalue weighted by atomic mass is 16.5. The smallest absolute Gasteiger partial charge is 0.333 e. The van der Waals surface area contributed by atoms with Crippen LogP contribution in [0.5, 0.6) is 0 Å². The van der Waals surface area contributed by atoms with E-state index in [0.29, 0.717) is 12.0 Å². The molecule has 92 valence electrons. The van der Waals surface area contributed by atoms with Gasteiger partial charge in [-0.2, -0.15) is 0 Å². The normalized spacial score (nSPS) is 11.9. The Morgan fingerprint density at radius 2 is 1.94 bits per heavy atom. The molecule has 0 saturated heterocycles. The Kier molecular flexibility index (Phi) is 5.27. The van der Waals surface area contributed by atoms with Crippen LogP contribution in [-0.4, -0.2) is 13.1 Å². The largest absolute Gasteiger partial charge is 0.872 e. The van der Waals surface area contributed by atoms with Gasteiger partial charge in [-0.1, -0.05) is 49.4 Å². The molecule has 0 bridgehead atoms. The Hall–Kier alpha value is -1.77. The molecule has 0 aliphatic rings. The van der Waals surface area contributed by atoms with Crippen molar-refractivity contribution in [3.05, 3.63) is 41.5 Å². The highest BCUT2D eigenvalue weighted by Crippen LogP contribution is 2.18. The molecule has 0 aromatic heterocycles. The number of benzene rings is 1. The first-order valence-electron chi connectivity index (χ1n) is 5.74. The van der Waals surface area contributed by atoms with E-state index in [1.165, 1.54) is 7.11 Å². The molecule has 0 atom stereocenters. The number of esters is 1. The fraction of sp³-hybridized carbons (Fsp3) is 0.357. The molecule has 1 rings (SSSR count). The van der Waals surface area contributed by atoms with Gasteiger partial charge in [-0.05, 0) is 18.4 Å². The van der Waals surface area contributed by atoms with Crippen molar-refractivity contribution in [1.82, 2.24) is 0 Å². The average molecular weight is 233 g/mol. The lowest BCUT2D eigenvalue weighted by Crippen LogP contribution is -2.14. The van der Waals surface area contributed by atoms with Gasteiger partial charge in [0.25, 0.3) is 0 Å². The van der Waals surface area contributed by atoms with Gasteiger partial charge in [-0.3, -0.25) is 0 Å². The molecule has 1 aromatic carbocycles. The minimum absolute atomic E-state index is 0.231. The van der Waals surface area contributed by atoms with Crippen molar-refractivity contribution in [1.29, 1.82) is 0 Å². The van der Waals surface area contributed by atoms with Crippen LogP contribution in [0.1, 0.15) is 31.7 Å². The van der Waals surface area contributed by atoms with Crippen molar-refractivity contribution < 1.29 is 14.6 Å². The number of hydrogen-bond donors (Lipinski definition) is 0. The minimum Gasteiger partial charge on any atom is -0.872 e. The second-order valence-electron chi connectivity index (χ2n) is 3.77. The fourth-order valence-corrected chi connectivity index (χ4v) is 1.55. The molecular weight excluding hydrogens is 216 g/mol. The molecule has 0 saturated carbocycles. The lowest BCUT2D eigenvalue weighted by Gasteiger charge is -2.18. The summed E-state index contributed by atoms with van der Waals surface area (Å²) in [4.78, 5) is 11.6. The van der Waals surface area contributed by atoms with Gasteiger partial charge in [-0.25, -0.2) is 4.79 Å². The van der Waals surface area contributed by atoms with Crippen LogP contribution in [-0.2, 0) is 9.53 Å². The van der Waals surface area contributed by atoms with Crippen molar-refractivity contribution in [2.75, 3.05) is 7.11 Å². The highest BCUT2D eigenvalue weighted by Gasteiger charge is 2.10. The zero-order valence-corrected chi connectivity index (χ0v) is 10.2. The van der Waals surface area contributed by atoms with Gasteiger partial charge in [0, 0.05) is 5.57 Å². The summed E-state index contributed by atoms with van der Waals surface area (Å²) in [6.45, 7) is 2.02. The number of carbonyl (C=O) groups is 1. The molecule has 0 heterocycles. The number of methoxy groups -OCH3 is 1. The molecular formula is C14H17O3-. The van der Waals surface area contributed by atoms with E-state index >= 15 is 0 Å². The molecule has 3 heteroatoms. The first kappa shape index (κ1) is 13.3. The number of hydrogen-bond acceptors (Lipinski definition) is 3. The van der Waals surface area contributed by atoms with Gasteiger partial charge in [0.2, 0.25) is 0 Å². The summed E-state index contributed by atoms with van der Waals surface area (Å²) < 4.78 is 4.66. The Morgan fingerprint density at radius 3 is 2.47 bits per heavy atom. The lowest BCUT2D eigenvalue weighted by atomic mass is 10.0. The van der Waals surface area contributed by atoms with Gasteiger partial charge in [0.1, 0.15) is 0 Å². The predicted octanol–water partition coefficient (Wildman–Crippen LogP) is 2.12. The van der Waals surface area contributed by atoms with E-state index in [-0.39, 0.29) is 11.3 Å². The summed E-state index contributed by atoms with van der Waals surface area (Å²) in [7, 11) is 1.30. The summed E-state index contributed by atoms with van der Waals surface area (Å²) >= 11 is 0. The maximum atomic E-state index is 12.1. The maximum absolute atomic E-state index is 12.1. The first-order valence-corrected chi connectivity index (χ1v) is 5.74. The molecule has 3 nitrogen and oxygen atoms in total. The van der Waals surface area contributed by atoms with Crippen molar-refractivity contribution >= 4 is 11.7 Å². The third-order valence-corrected chi connectivity index (χ3v) is 2.52. The van der Waals surface area contributed by atoms with Crippen molar-refractivity contribution in [3.63, 3.8) is 0 Å². The molecule has 0 amide bonds. The SMILES string of the molecule is CCCC/C(C(=O)OC)=C(/[O-])c1ccccc1. The molecule has 0 aliphatic carbocycles. The Balaban J connectivity index is 3.04. The molecule has 0 fully saturated rings. The maximum Gasteiger partial charge on any atom is 0.333 e. The first-order chi connectivity index (χ1) is 8.20. The van der Waals surface area contributed by atoms with Crippen LogP contribution < -0.4 is 5.11 Å². The second-order valence-corrected chi connectivity index (χ2v) is 3.77. The Morgan fingerprint density at radius 1 is 1.29 bits per heavy atom. The van der Waals surface area contributed by atoms with Crippen LogP contribution in [0.3, 0.4) is 0 Å². The van der Waals surface area contributed by atoms with Crippen molar-refractivity contribution in [2.45, 2.75) is 26.2 Å². The lowest BCUT2D eigenvalue weighted by molar-refractivity contribution is -0.245. The third-order valence-electron chi connectivity index (χ3n) is 2.52. The van der Waals surface area contributed by atoms with Gasteiger partial charge < -0.3 is 9.84 Å². The molecule has 0 spiro atoms. The molecule has 17 heavy (non-hydrogen) atoms. The van der Waals surface area contributed by atoms with Crippen LogP contribution >= 0.6 is 0 Å². The zero-order chi connectivity index (χ0) is 12.7. The molecule has 0 radical (unpaired) electrons. The van der Waals surface area contributed by atoms with Gasteiger partial charge in [0.15, 0.2) is 0 Å². The van der Waals surface area contributed by atoms with Crippen LogP contribution in [0, 0.1) is 0 Å². The van der Waals surface area contributed by atoms with E-state index in [1.54, 1.807) is 24.3 Å². The minimum atomic E-state index is -0.521. The van der Waals surface area contributed by atoms with E-state index in [9.17, 15) is 9.90 Å². The zero-order valence-electron chi connectivity index (χ0n) is 10.2. The highest BCUT2D eigenvalue weighted by molar-refractivity contribution is 5.95. The molecule has 0 N–H and O–H groups in total. The topological polar surface area (TPSA) is 49.4 Å². The molecule has 0 unspecified atom stereocenters. The van der Waals surface area contributed by atoms with E-state index in [4.69, 9.17) is 0 Å². The summed E-state index contributed by atoms with van der Waals surface area (Å²) in [6, 6.07) is 8.80. The number of carbonyl (C=O) groups excluding carboxylic acids is 1. The van der Waals surface area contributed by atoms with Crippen LogP contribution in [0.15, 0.2) is 35.9 Å². The number of rotatable bonds is 5. The Labute approximate surface area is 102 Å². The van der Waals surface area contributed by atoms with Crippen LogP contribution in [0.4, 0.5) is 0 Å². The third kappa shape index (κ3) is 3.63.